The van der Waals surface area contributed by atoms with Gasteiger partial charge in [0.05, 0.1) is 11.2 Å². The lowest BCUT2D eigenvalue weighted by atomic mass is 9.94. The summed E-state index contributed by atoms with van der Waals surface area (Å²) in [6, 6.07) is 0.123. The average molecular weight is 286 g/mol. The van der Waals surface area contributed by atoms with Crippen LogP contribution in [0.1, 0.15) is 48.5 Å². The van der Waals surface area contributed by atoms with E-state index >= 15 is 0 Å². The van der Waals surface area contributed by atoms with E-state index in [0.29, 0.717) is 6.54 Å². The zero-order chi connectivity index (χ0) is 15.8. The van der Waals surface area contributed by atoms with Crippen LogP contribution in [0.15, 0.2) is 0 Å². The summed E-state index contributed by atoms with van der Waals surface area (Å²) in [5.41, 5.74) is -1.48. The fourth-order valence-corrected chi connectivity index (χ4v) is 3.32. The molecule has 1 fully saturated rings. The second-order valence-electron chi connectivity index (χ2n) is 7.70. The number of nitrogens with one attached hydrogen (secondary N) is 1. The number of nitrogens with zero attached hydrogens (tertiary/aromatic N) is 1. The smallest absolute Gasteiger partial charge is 0.324 e. The molecule has 0 spiro atoms. The molecular formula is C15H30N2O3. The van der Waals surface area contributed by atoms with E-state index in [0.717, 1.165) is 13.1 Å². The van der Waals surface area contributed by atoms with Crippen LogP contribution in [0.25, 0.3) is 0 Å². The minimum absolute atomic E-state index is 0.123. The number of morpholine rings is 1. The number of aliphatic carboxylic acids is 1. The Bertz CT molecular complexity index is 350. The van der Waals surface area contributed by atoms with Gasteiger partial charge in [-0.1, -0.05) is 0 Å². The Morgan fingerprint density at radius 1 is 1.30 bits per heavy atom. The van der Waals surface area contributed by atoms with Crippen LogP contribution < -0.4 is 5.32 Å². The summed E-state index contributed by atoms with van der Waals surface area (Å²) in [6.07, 6.45) is 0. The second kappa shape index (κ2) is 5.62. The molecule has 1 aliphatic rings. The van der Waals surface area contributed by atoms with Crippen molar-refractivity contribution in [1.82, 2.24) is 10.2 Å². The first kappa shape index (κ1) is 17.4. The number of carbonyl (C=O) groups is 1. The number of rotatable bonds is 5. The Labute approximate surface area is 122 Å². The van der Waals surface area contributed by atoms with Crippen molar-refractivity contribution in [2.45, 2.75) is 71.2 Å². The highest BCUT2D eigenvalue weighted by Gasteiger charge is 2.42. The number of hydrogen-bond donors (Lipinski definition) is 2. The Morgan fingerprint density at radius 3 is 2.10 bits per heavy atom. The topological polar surface area (TPSA) is 61.8 Å². The zero-order valence-electron chi connectivity index (χ0n) is 13.9. The van der Waals surface area contributed by atoms with E-state index in [9.17, 15) is 9.90 Å². The third-order valence-electron chi connectivity index (χ3n) is 3.38. The molecule has 0 aromatic carbocycles. The van der Waals surface area contributed by atoms with Crippen LogP contribution in [0.3, 0.4) is 0 Å². The quantitative estimate of drug-likeness (QED) is 0.806. The molecule has 1 aliphatic heterocycles. The molecule has 1 rings (SSSR count). The maximum Gasteiger partial charge on any atom is 0.324 e. The molecule has 2 N–H and O–H groups in total. The van der Waals surface area contributed by atoms with Crippen LogP contribution >= 0.6 is 0 Å². The number of hydrogen-bond acceptors (Lipinski definition) is 4. The molecule has 0 aliphatic carbocycles. The van der Waals surface area contributed by atoms with Gasteiger partial charge in [-0.2, -0.15) is 0 Å². The van der Waals surface area contributed by atoms with Crippen molar-refractivity contribution in [2.75, 3.05) is 19.6 Å². The van der Waals surface area contributed by atoms with Gasteiger partial charge in [-0.15, -0.1) is 0 Å². The maximum absolute atomic E-state index is 11.6. The van der Waals surface area contributed by atoms with Crippen LogP contribution in [0.4, 0.5) is 0 Å². The van der Waals surface area contributed by atoms with E-state index in [-0.39, 0.29) is 17.2 Å². The average Bonchev–Trinajstić information content (AvgIpc) is 2.09. The van der Waals surface area contributed by atoms with Crippen LogP contribution in [0.2, 0.25) is 0 Å². The number of ether oxygens (including phenoxy) is 1. The van der Waals surface area contributed by atoms with E-state index in [1.54, 1.807) is 6.92 Å². The van der Waals surface area contributed by atoms with Crippen molar-refractivity contribution >= 4 is 5.97 Å². The molecule has 1 saturated heterocycles. The molecule has 0 radical (unpaired) electrons. The predicted octanol–water partition coefficient (Wildman–Crippen LogP) is 1.72. The summed E-state index contributed by atoms with van der Waals surface area (Å²) in [5, 5.41) is 12.7. The van der Waals surface area contributed by atoms with E-state index in [2.05, 4.69) is 37.9 Å². The summed E-state index contributed by atoms with van der Waals surface area (Å²) in [5.74, 6) is -0.812. The van der Waals surface area contributed by atoms with Gasteiger partial charge in [0.2, 0.25) is 0 Å². The monoisotopic (exact) mass is 286 g/mol. The van der Waals surface area contributed by atoms with E-state index < -0.39 is 11.5 Å². The Morgan fingerprint density at radius 2 is 1.75 bits per heavy atom. The fourth-order valence-electron chi connectivity index (χ4n) is 3.32. The first-order valence-electron chi connectivity index (χ1n) is 7.29. The van der Waals surface area contributed by atoms with Gasteiger partial charge >= 0.3 is 5.97 Å². The zero-order valence-corrected chi connectivity index (χ0v) is 13.9. The molecule has 1 unspecified atom stereocenters. The summed E-state index contributed by atoms with van der Waals surface area (Å²) in [6.45, 7) is 15.8. The molecule has 5 heteroatoms. The minimum Gasteiger partial charge on any atom is -0.480 e. The van der Waals surface area contributed by atoms with Crippen molar-refractivity contribution < 1.29 is 14.6 Å². The third-order valence-corrected chi connectivity index (χ3v) is 3.38. The number of carboxylic acids is 1. The summed E-state index contributed by atoms with van der Waals surface area (Å²) in [4.78, 5) is 13.8. The highest BCUT2D eigenvalue weighted by molar-refractivity contribution is 5.78. The molecule has 5 nitrogen and oxygen atoms in total. The summed E-state index contributed by atoms with van der Waals surface area (Å²) < 4.78 is 6.04. The highest BCUT2D eigenvalue weighted by atomic mass is 16.5. The predicted molar refractivity (Wildman–Crippen MR) is 80.0 cm³/mol. The second-order valence-corrected chi connectivity index (χ2v) is 7.70. The van der Waals surface area contributed by atoms with Crippen LogP contribution in [-0.2, 0) is 9.53 Å². The molecule has 0 saturated carbocycles. The highest BCUT2D eigenvalue weighted by Crippen LogP contribution is 2.29. The van der Waals surface area contributed by atoms with Gasteiger partial charge in [-0.05, 0) is 48.5 Å². The molecule has 0 aromatic rings. The normalized spacial score (nSPS) is 25.4. The van der Waals surface area contributed by atoms with E-state index in [4.69, 9.17) is 4.74 Å². The molecule has 1 atom stereocenters. The first-order chi connectivity index (χ1) is 8.85. The summed E-state index contributed by atoms with van der Waals surface area (Å²) >= 11 is 0. The van der Waals surface area contributed by atoms with Gasteiger partial charge in [0, 0.05) is 25.7 Å². The van der Waals surface area contributed by atoms with Crippen molar-refractivity contribution in [2.24, 2.45) is 0 Å². The molecule has 118 valence electrons. The largest absolute Gasteiger partial charge is 0.480 e. The van der Waals surface area contributed by atoms with Crippen molar-refractivity contribution in [3.05, 3.63) is 0 Å². The van der Waals surface area contributed by atoms with Gasteiger partial charge in [0.15, 0.2) is 0 Å². The fraction of sp³-hybridized carbons (Fsp3) is 0.933. The molecule has 20 heavy (non-hydrogen) atoms. The van der Waals surface area contributed by atoms with Gasteiger partial charge < -0.3 is 9.84 Å². The molecule has 0 aromatic heterocycles. The Balaban J connectivity index is 2.86. The lowest BCUT2D eigenvalue weighted by molar-refractivity contribution is -0.185. The first-order valence-corrected chi connectivity index (χ1v) is 7.29. The Kier molecular flexibility index (Phi) is 4.89. The minimum atomic E-state index is -0.947. The SMILES string of the molecule is CC(C)NC(C)(CN1CC(C)(C)OC(C)(C)C1)C(=O)O. The number of carboxylic acid groups (broad SMARTS) is 1. The lowest BCUT2D eigenvalue weighted by Crippen LogP contribution is -2.64. The molecule has 1 heterocycles. The van der Waals surface area contributed by atoms with Crippen molar-refractivity contribution in [3.63, 3.8) is 0 Å². The van der Waals surface area contributed by atoms with Gasteiger partial charge in [0.1, 0.15) is 5.54 Å². The maximum atomic E-state index is 11.6. The van der Waals surface area contributed by atoms with Gasteiger partial charge in [-0.25, -0.2) is 0 Å². The van der Waals surface area contributed by atoms with Crippen molar-refractivity contribution in [1.29, 1.82) is 0 Å². The summed E-state index contributed by atoms with van der Waals surface area (Å²) in [7, 11) is 0. The molecular weight excluding hydrogens is 256 g/mol. The Hall–Kier alpha value is -0.650. The van der Waals surface area contributed by atoms with Crippen LogP contribution in [0, 0.1) is 0 Å². The van der Waals surface area contributed by atoms with Crippen molar-refractivity contribution in [3.8, 4) is 0 Å². The standard InChI is InChI=1S/C15H30N2O3/c1-11(2)16-15(7,12(18)19)10-17-8-13(3,4)20-14(5,6)9-17/h11,16H,8-10H2,1-7H3,(H,18,19). The van der Waals surface area contributed by atoms with Gasteiger partial charge in [0.25, 0.3) is 0 Å². The third kappa shape index (κ3) is 4.72. The lowest BCUT2D eigenvalue weighted by Gasteiger charge is -2.49. The van der Waals surface area contributed by atoms with Crippen LogP contribution in [-0.4, -0.2) is 58.4 Å². The van der Waals surface area contributed by atoms with Gasteiger partial charge in [-0.3, -0.25) is 15.0 Å². The van der Waals surface area contributed by atoms with Crippen LogP contribution in [0.5, 0.6) is 0 Å². The van der Waals surface area contributed by atoms with E-state index in [1.165, 1.54) is 0 Å². The molecule has 0 amide bonds. The van der Waals surface area contributed by atoms with E-state index in [1.807, 2.05) is 13.8 Å². The molecule has 0 bridgehead atoms.